The van der Waals surface area contributed by atoms with Crippen LogP contribution in [-0.4, -0.2) is 55.1 Å². The third kappa shape index (κ3) is 6.16. The van der Waals surface area contributed by atoms with Crippen molar-refractivity contribution in [2.45, 2.75) is 13.5 Å². The number of hydrogen-bond donors (Lipinski definition) is 0. The molecule has 0 spiro atoms. The van der Waals surface area contributed by atoms with Crippen LogP contribution in [0, 0.1) is 17.0 Å². The normalized spacial score (nSPS) is 13.9. The summed E-state index contributed by atoms with van der Waals surface area (Å²) in [6.45, 7) is 6.12. The fourth-order valence-corrected chi connectivity index (χ4v) is 4.14. The van der Waals surface area contributed by atoms with Crippen LogP contribution in [0.25, 0.3) is 0 Å². The summed E-state index contributed by atoms with van der Waals surface area (Å²) < 4.78 is 11.2. The van der Waals surface area contributed by atoms with Gasteiger partial charge < -0.3 is 14.4 Å². The molecule has 35 heavy (non-hydrogen) atoms. The molecule has 4 rings (SSSR count). The van der Waals surface area contributed by atoms with E-state index in [2.05, 4.69) is 21.9 Å². The van der Waals surface area contributed by atoms with Crippen LogP contribution in [0.15, 0.2) is 72.8 Å². The predicted octanol–water partition coefficient (Wildman–Crippen LogP) is 4.46. The maximum atomic E-state index is 12.8. The Hall–Kier alpha value is -3.91. The molecular formula is C27H29N3O5. The maximum Gasteiger partial charge on any atom is 0.345 e. The first-order valence-electron chi connectivity index (χ1n) is 11.7. The number of carbonyl (C=O) groups is 1. The van der Waals surface area contributed by atoms with Crippen LogP contribution >= 0.6 is 0 Å². The van der Waals surface area contributed by atoms with E-state index in [4.69, 9.17) is 9.47 Å². The monoisotopic (exact) mass is 475 g/mol. The molecule has 0 aromatic heterocycles. The Labute approximate surface area is 204 Å². The third-order valence-electron chi connectivity index (χ3n) is 6.09. The van der Waals surface area contributed by atoms with Crippen molar-refractivity contribution in [2.75, 3.05) is 44.2 Å². The molecule has 1 saturated heterocycles. The summed E-state index contributed by atoms with van der Waals surface area (Å²) >= 11 is 0. The van der Waals surface area contributed by atoms with Crippen LogP contribution in [0.4, 0.5) is 11.4 Å². The van der Waals surface area contributed by atoms with E-state index in [1.807, 2.05) is 48.5 Å². The van der Waals surface area contributed by atoms with Gasteiger partial charge in [-0.05, 0) is 36.2 Å². The number of benzene rings is 3. The van der Waals surface area contributed by atoms with Gasteiger partial charge in [-0.25, -0.2) is 4.79 Å². The van der Waals surface area contributed by atoms with Gasteiger partial charge in [0.25, 0.3) is 0 Å². The van der Waals surface area contributed by atoms with Gasteiger partial charge in [-0.1, -0.05) is 54.6 Å². The molecule has 0 aliphatic carbocycles. The molecule has 0 bridgehead atoms. The summed E-state index contributed by atoms with van der Waals surface area (Å²) in [4.78, 5) is 28.6. The Morgan fingerprint density at radius 1 is 0.943 bits per heavy atom. The van der Waals surface area contributed by atoms with Gasteiger partial charge >= 0.3 is 11.7 Å². The molecule has 8 nitrogen and oxygen atoms in total. The Morgan fingerprint density at radius 2 is 1.60 bits per heavy atom. The van der Waals surface area contributed by atoms with E-state index in [-0.39, 0.29) is 30.2 Å². The first kappa shape index (κ1) is 24.2. The summed E-state index contributed by atoms with van der Waals surface area (Å²) in [5.41, 5.74) is 2.21. The minimum absolute atomic E-state index is 0.0883. The number of para-hydroxylation sites is 1. The predicted molar refractivity (Wildman–Crippen MR) is 134 cm³/mol. The van der Waals surface area contributed by atoms with Gasteiger partial charge in [0.05, 0.1) is 4.92 Å². The second-order valence-electron chi connectivity index (χ2n) is 8.44. The highest BCUT2D eigenvalue weighted by Crippen LogP contribution is 2.35. The molecule has 1 fully saturated rings. The van der Waals surface area contributed by atoms with E-state index in [0.29, 0.717) is 12.1 Å². The highest BCUT2D eigenvalue weighted by atomic mass is 16.6. The van der Waals surface area contributed by atoms with Crippen molar-refractivity contribution in [3.05, 3.63) is 99.6 Å². The molecule has 1 heterocycles. The highest BCUT2D eigenvalue weighted by Gasteiger charge is 2.29. The quantitative estimate of drug-likeness (QED) is 0.257. The minimum Gasteiger partial charge on any atom is -0.482 e. The Kier molecular flexibility index (Phi) is 7.95. The lowest BCUT2D eigenvalue weighted by atomic mass is 10.1. The average molecular weight is 476 g/mol. The second-order valence-corrected chi connectivity index (χ2v) is 8.44. The van der Waals surface area contributed by atoms with Gasteiger partial charge in [0.15, 0.2) is 0 Å². The van der Waals surface area contributed by atoms with Crippen LogP contribution in [0.5, 0.6) is 5.75 Å². The van der Waals surface area contributed by atoms with Crippen molar-refractivity contribution in [1.82, 2.24) is 4.90 Å². The summed E-state index contributed by atoms with van der Waals surface area (Å²) in [5, 5.41) is 11.9. The zero-order chi connectivity index (χ0) is 24.6. The molecular weight excluding hydrogens is 446 g/mol. The molecule has 0 radical (unpaired) electrons. The standard InChI is InChI=1S/C27H29N3O5/c1-21-12-13-24(25(30(32)33)26(21)35-20-22-8-4-2-5-9-22)27(31)34-19-18-28-14-16-29(17-15-28)23-10-6-3-7-11-23/h2-13H,14-20H2,1H3. The Morgan fingerprint density at radius 3 is 2.26 bits per heavy atom. The van der Waals surface area contributed by atoms with Crippen LogP contribution < -0.4 is 9.64 Å². The number of nitro groups is 1. The van der Waals surface area contributed by atoms with Gasteiger partial charge in [0.2, 0.25) is 5.75 Å². The largest absolute Gasteiger partial charge is 0.482 e. The molecule has 1 aliphatic rings. The number of carbonyl (C=O) groups excluding carboxylic acids is 1. The minimum atomic E-state index is -0.718. The smallest absolute Gasteiger partial charge is 0.345 e. The molecule has 3 aromatic rings. The lowest BCUT2D eigenvalue weighted by Gasteiger charge is -2.35. The van der Waals surface area contributed by atoms with Crippen LogP contribution in [0.2, 0.25) is 0 Å². The SMILES string of the molecule is Cc1ccc(C(=O)OCCN2CCN(c3ccccc3)CC2)c([N+](=O)[O-])c1OCc1ccccc1. The van der Waals surface area contributed by atoms with Gasteiger partial charge in [-0.3, -0.25) is 15.0 Å². The Bertz CT molecular complexity index is 1150. The molecule has 182 valence electrons. The summed E-state index contributed by atoms with van der Waals surface area (Å²) in [6, 6.07) is 22.7. The number of esters is 1. The number of hydrogen-bond acceptors (Lipinski definition) is 7. The molecule has 1 aliphatic heterocycles. The van der Waals surface area contributed by atoms with E-state index >= 15 is 0 Å². The number of nitro benzene ring substituents is 1. The number of nitrogens with zero attached hydrogens (tertiary/aromatic N) is 3. The third-order valence-corrected chi connectivity index (χ3v) is 6.09. The molecule has 0 unspecified atom stereocenters. The summed E-state index contributed by atoms with van der Waals surface area (Å²) in [5.74, 6) is -0.630. The van der Waals surface area contributed by atoms with Crippen LogP contribution in [0.1, 0.15) is 21.5 Å². The van der Waals surface area contributed by atoms with E-state index in [9.17, 15) is 14.9 Å². The molecule has 0 N–H and O–H groups in total. The fourth-order valence-electron chi connectivity index (χ4n) is 4.14. The van der Waals surface area contributed by atoms with E-state index < -0.39 is 10.9 Å². The first-order chi connectivity index (χ1) is 17.0. The van der Waals surface area contributed by atoms with Crippen LogP contribution in [-0.2, 0) is 11.3 Å². The topological polar surface area (TPSA) is 85.2 Å². The number of rotatable bonds is 9. The lowest BCUT2D eigenvalue weighted by Crippen LogP contribution is -2.47. The van der Waals surface area contributed by atoms with Crippen molar-refractivity contribution in [3.8, 4) is 5.75 Å². The zero-order valence-electron chi connectivity index (χ0n) is 19.8. The molecule has 3 aromatic carbocycles. The van der Waals surface area contributed by atoms with Gasteiger partial charge in [0.1, 0.15) is 18.8 Å². The van der Waals surface area contributed by atoms with Crippen molar-refractivity contribution in [2.24, 2.45) is 0 Å². The lowest BCUT2D eigenvalue weighted by molar-refractivity contribution is -0.386. The van der Waals surface area contributed by atoms with E-state index in [1.54, 1.807) is 13.0 Å². The number of piperazine rings is 1. The number of ether oxygens (including phenoxy) is 2. The Balaban J connectivity index is 1.34. The second kappa shape index (κ2) is 11.5. The van der Waals surface area contributed by atoms with Crippen molar-refractivity contribution >= 4 is 17.3 Å². The van der Waals surface area contributed by atoms with E-state index in [0.717, 1.165) is 31.7 Å². The van der Waals surface area contributed by atoms with Gasteiger partial charge in [-0.2, -0.15) is 0 Å². The maximum absolute atomic E-state index is 12.8. The molecule has 8 heteroatoms. The van der Waals surface area contributed by atoms with Gasteiger partial charge in [-0.15, -0.1) is 0 Å². The number of aryl methyl sites for hydroxylation is 1. The van der Waals surface area contributed by atoms with E-state index in [1.165, 1.54) is 11.8 Å². The number of anilines is 1. The van der Waals surface area contributed by atoms with Gasteiger partial charge in [0, 0.05) is 38.4 Å². The summed E-state index contributed by atoms with van der Waals surface area (Å²) in [7, 11) is 0. The van der Waals surface area contributed by atoms with Crippen molar-refractivity contribution in [3.63, 3.8) is 0 Å². The molecule has 0 amide bonds. The van der Waals surface area contributed by atoms with Crippen molar-refractivity contribution in [1.29, 1.82) is 0 Å². The van der Waals surface area contributed by atoms with Crippen LogP contribution in [0.3, 0.4) is 0 Å². The fraction of sp³-hybridized carbons (Fsp3) is 0.296. The highest BCUT2D eigenvalue weighted by molar-refractivity contribution is 5.95. The molecule has 0 saturated carbocycles. The van der Waals surface area contributed by atoms with Crippen molar-refractivity contribution < 1.29 is 19.2 Å². The molecule has 0 atom stereocenters. The first-order valence-corrected chi connectivity index (χ1v) is 11.7. The average Bonchev–Trinajstić information content (AvgIpc) is 2.89. The zero-order valence-corrected chi connectivity index (χ0v) is 19.8. The summed E-state index contributed by atoms with van der Waals surface area (Å²) in [6.07, 6.45) is 0.